The van der Waals surface area contributed by atoms with E-state index in [4.69, 9.17) is 9.85 Å². The summed E-state index contributed by atoms with van der Waals surface area (Å²) in [5.41, 5.74) is 5.57. The minimum Gasteiger partial charge on any atom is -0.397 e. The monoisotopic (exact) mass is 111 g/mol. The molecule has 0 saturated heterocycles. The van der Waals surface area contributed by atoms with E-state index >= 15 is 0 Å². The molecule has 0 aliphatic rings. The molecule has 1 rings (SSSR count). The van der Waals surface area contributed by atoms with E-state index in [1.54, 1.807) is 6.07 Å². The van der Waals surface area contributed by atoms with Crippen LogP contribution >= 0.6 is 0 Å². The van der Waals surface area contributed by atoms with E-state index in [1.807, 2.05) is 0 Å². The van der Waals surface area contributed by atoms with Crippen LogP contribution in [0, 0.1) is 6.85 Å². The number of aryl methyl sites for hydroxylation is 1. The third-order valence-corrected chi connectivity index (χ3v) is 0.839. The predicted octanol–water partition coefficient (Wildman–Crippen LogP) is 0.972. The molecule has 1 heterocycles. The Kier molecular flexibility index (Phi) is 0.565. The fraction of sp³-hybridized carbons (Fsp3) is 0.167. The highest BCUT2D eigenvalue weighted by Gasteiger charge is 1.86. The Balaban J connectivity index is 3.14. The lowest BCUT2D eigenvalue weighted by Gasteiger charge is -1.92. The summed E-state index contributed by atoms with van der Waals surface area (Å²) >= 11 is 0. The molecule has 2 N–H and O–H groups in total. The van der Waals surface area contributed by atoms with Crippen LogP contribution in [0.2, 0.25) is 0 Å². The maximum atomic E-state index is 7.00. The van der Waals surface area contributed by atoms with Crippen molar-refractivity contribution in [2.24, 2.45) is 0 Å². The Bertz CT molecular complexity index is 256. The third-order valence-electron chi connectivity index (χ3n) is 0.839. The largest absolute Gasteiger partial charge is 0.397 e. The molecule has 0 amide bonds. The number of hydrogen-bond acceptors (Lipinski definition) is 2. The van der Waals surface area contributed by atoms with Gasteiger partial charge in [-0.15, -0.1) is 0 Å². The predicted molar refractivity (Wildman–Crippen MR) is 33.4 cm³/mol. The molecule has 0 saturated carbocycles. The van der Waals surface area contributed by atoms with Gasteiger partial charge in [0.05, 0.1) is 11.4 Å². The SMILES string of the molecule is [2H]C([2H])([2H])c1ncccc1N. The smallest absolute Gasteiger partial charge is 0.0601 e. The summed E-state index contributed by atoms with van der Waals surface area (Å²) in [5, 5.41) is 0. The van der Waals surface area contributed by atoms with E-state index in [-0.39, 0.29) is 11.4 Å². The van der Waals surface area contributed by atoms with Gasteiger partial charge < -0.3 is 5.73 Å². The van der Waals surface area contributed by atoms with E-state index < -0.39 is 6.85 Å². The molecule has 0 aliphatic carbocycles. The van der Waals surface area contributed by atoms with E-state index in [9.17, 15) is 0 Å². The lowest BCUT2D eigenvalue weighted by Crippen LogP contribution is -1.89. The fourth-order valence-corrected chi connectivity index (χ4v) is 0.418. The maximum Gasteiger partial charge on any atom is 0.0601 e. The first-order valence-electron chi connectivity index (χ1n) is 3.73. The molecular formula is C6H8N2. The number of rotatable bonds is 0. The molecule has 0 aliphatic heterocycles. The summed E-state index contributed by atoms with van der Waals surface area (Å²) in [4.78, 5) is 3.66. The molecule has 0 atom stereocenters. The van der Waals surface area contributed by atoms with E-state index in [2.05, 4.69) is 4.98 Å². The van der Waals surface area contributed by atoms with Gasteiger partial charge in [-0.2, -0.15) is 0 Å². The van der Waals surface area contributed by atoms with Crippen molar-refractivity contribution in [3.63, 3.8) is 0 Å². The minimum absolute atomic E-state index is 0.0278. The van der Waals surface area contributed by atoms with Crippen molar-refractivity contribution < 1.29 is 4.11 Å². The fourth-order valence-electron chi connectivity index (χ4n) is 0.418. The standard InChI is InChI=1S/C6H8N2/c1-5-6(7)3-2-4-8-5/h2-4H,7H2,1H3/i1D3. The van der Waals surface area contributed by atoms with Gasteiger partial charge in [0.25, 0.3) is 0 Å². The van der Waals surface area contributed by atoms with Crippen LogP contribution < -0.4 is 5.73 Å². The Morgan fingerprint density at radius 2 is 2.75 bits per heavy atom. The van der Waals surface area contributed by atoms with Crippen LogP contribution in [0.4, 0.5) is 5.69 Å². The van der Waals surface area contributed by atoms with Gasteiger partial charge in [0.2, 0.25) is 0 Å². The second-order valence-corrected chi connectivity index (χ2v) is 1.44. The lowest BCUT2D eigenvalue weighted by atomic mass is 10.3. The number of pyridine rings is 1. The van der Waals surface area contributed by atoms with Gasteiger partial charge in [0.1, 0.15) is 0 Å². The first-order valence-corrected chi connectivity index (χ1v) is 2.23. The number of nitrogen functional groups attached to an aromatic ring is 1. The third kappa shape index (κ3) is 0.780. The average Bonchev–Trinajstić information content (AvgIpc) is 1.86. The molecule has 0 unspecified atom stereocenters. The first kappa shape index (κ1) is 2.49. The van der Waals surface area contributed by atoms with Crippen molar-refractivity contribution in [1.82, 2.24) is 4.98 Å². The highest BCUT2D eigenvalue weighted by Crippen LogP contribution is 2.02. The number of hydrogen-bond donors (Lipinski definition) is 1. The van der Waals surface area contributed by atoms with Gasteiger partial charge in [-0.3, -0.25) is 4.98 Å². The molecule has 0 fully saturated rings. The van der Waals surface area contributed by atoms with Gasteiger partial charge >= 0.3 is 0 Å². The van der Waals surface area contributed by atoms with Crippen LogP contribution in [0.5, 0.6) is 0 Å². The van der Waals surface area contributed by atoms with Gasteiger partial charge in [-0.05, 0) is 19.0 Å². The molecule has 0 spiro atoms. The van der Waals surface area contributed by atoms with Crippen LogP contribution in [0.1, 0.15) is 9.81 Å². The quantitative estimate of drug-likeness (QED) is 0.541. The van der Waals surface area contributed by atoms with Crippen molar-refractivity contribution in [2.75, 3.05) is 5.73 Å². The summed E-state index contributed by atoms with van der Waals surface area (Å²) in [7, 11) is 0. The van der Waals surface area contributed by atoms with Gasteiger partial charge in [0, 0.05) is 10.3 Å². The average molecular weight is 111 g/mol. The topological polar surface area (TPSA) is 38.9 Å². The van der Waals surface area contributed by atoms with Gasteiger partial charge in [0.15, 0.2) is 0 Å². The minimum atomic E-state index is -2.20. The van der Waals surface area contributed by atoms with Crippen molar-refractivity contribution in [3.05, 3.63) is 24.0 Å². The number of aromatic nitrogens is 1. The zero-order valence-electron chi connectivity index (χ0n) is 7.26. The summed E-state index contributed by atoms with van der Waals surface area (Å²) in [5.74, 6) is 0. The van der Waals surface area contributed by atoms with E-state index in [0.717, 1.165) is 0 Å². The molecule has 1 aromatic rings. The molecule has 2 nitrogen and oxygen atoms in total. The van der Waals surface area contributed by atoms with Crippen LogP contribution in [0.15, 0.2) is 18.3 Å². The number of anilines is 1. The van der Waals surface area contributed by atoms with Crippen LogP contribution in [0.3, 0.4) is 0 Å². The van der Waals surface area contributed by atoms with Crippen LogP contribution in [-0.4, -0.2) is 4.98 Å². The van der Waals surface area contributed by atoms with Gasteiger partial charge in [-0.25, -0.2) is 0 Å². The second-order valence-electron chi connectivity index (χ2n) is 1.44. The zero-order chi connectivity index (χ0) is 8.48. The normalized spacial score (nSPS) is 16.2. The van der Waals surface area contributed by atoms with Crippen molar-refractivity contribution >= 4 is 5.69 Å². The molecule has 0 aromatic carbocycles. The first-order chi connectivity index (χ1) is 5.02. The zero-order valence-corrected chi connectivity index (χ0v) is 4.26. The molecule has 42 valence electrons. The van der Waals surface area contributed by atoms with Crippen LogP contribution in [-0.2, 0) is 0 Å². The Morgan fingerprint density at radius 1 is 1.88 bits per heavy atom. The highest BCUT2D eigenvalue weighted by atomic mass is 14.7. The van der Waals surface area contributed by atoms with E-state index in [0.29, 0.717) is 0 Å². The maximum absolute atomic E-state index is 7.00. The van der Waals surface area contributed by atoms with Crippen LogP contribution in [0.25, 0.3) is 0 Å². The molecular weight excluding hydrogens is 100 g/mol. The molecule has 8 heavy (non-hydrogen) atoms. The number of nitrogens with two attached hydrogens (primary N) is 1. The summed E-state index contributed by atoms with van der Waals surface area (Å²) < 4.78 is 21.0. The summed E-state index contributed by atoms with van der Waals surface area (Å²) in [6.45, 7) is -2.20. The molecule has 0 bridgehead atoms. The highest BCUT2D eigenvalue weighted by molar-refractivity contribution is 5.40. The molecule has 0 radical (unpaired) electrons. The number of nitrogens with zero attached hydrogens (tertiary/aromatic N) is 1. The summed E-state index contributed by atoms with van der Waals surface area (Å²) in [6, 6.07) is 3.12. The molecule has 2 heteroatoms. The Hall–Kier alpha value is -1.05. The Labute approximate surface area is 52.6 Å². The van der Waals surface area contributed by atoms with Crippen molar-refractivity contribution in [2.45, 2.75) is 6.85 Å². The second kappa shape index (κ2) is 1.82. The van der Waals surface area contributed by atoms with E-state index in [1.165, 1.54) is 12.3 Å². The van der Waals surface area contributed by atoms with Gasteiger partial charge in [-0.1, -0.05) is 0 Å². The lowest BCUT2D eigenvalue weighted by molar-refractivity contribution is 1.21. The van der Waals surface area contributed by atoms with Crippen molar-refractivity contribution in [1.29, 1.82) is 0 Å². The summed E-state index contributed by atoms with van der Waals surface area (Å²) in [6.07, 6.45) is 1.41. The Morgan fingerprint density at radius 3 is 3.25 bits per heavy atom. The van der Waals surface area contributed by atoms with Crippen molar-refractivity contribution in [3.8, 4) is 0 Å². The molecule has 1 aromatic heterocycles.